The SMILES string of the molecule is CCCNC(=O)[C@H](C)N(Cc1ccc(Br)cc1)C(=O)CN(c1cc(Cl)ccc1OC)S(=O)(=O)c1ccc(C)c([N+](=O)[O-])c1. The van der Waals surface area contributed by atoms with E-state index >= 15 is 0 Å². The molecule has 0 aromatic heterocycles. The van der Waals surface area contributed by atoms with E-state index in [2.05, 4.69) is 21.2 Å². The van der Waals surface area contributed by atoms with E-state index in [0.717, 1.165) is 14.8 Å². The van der Waals surface area contributed by atoms with Gasteiger partial charge in [0.05, 0.1) is 22.6 Å². The van der Waals surface area contributed by atoms with Gasteiger partial charge in [-0.15, -0.1) is 0 Å². The molecule has 0 aliphatic rings. The molecule has 3 rings (SSSR count). The summed E-state index contributed by atoms with van der Waals surface area (Å²) in [6.07, 6.45) is 0.683. The Labute approximate surface area is 264 Å². The molecule has 0 bridgehead atoms. The summed E-state index contributed by atoms with van der Waals surface area (Å²) in [4.78, 5) is 38.9. The number of sulfonamides is 1. The topological polar surface area (TPSA) is 139 Å². The molecule has 0 aliphatic carbocycles. The first-order chi connectivity index (χ1) is 20.3. The Morgan fingerprint density at radius 1 is 1.12 bits per heavy atom. The predicted molar refractivity (Wildman–Crippen MR) is 168 cm³/mol. The summed E-state index contributed by atoms with van der Waals surface area (Å²) in [5, 5.41) is 14.6. The Morgan fingerprint density at radius 2 is 1.79 bits per heavy atom. The Hall–Kier alpha value is -3.68. The fourth-order valence-corrected chi connectivity index (χ4v) is 6.08. The zero-order valence-corrected chi connectivity index (χ0v) is 27.2. The Bertz CT molecular complexity index is 1600. The minimum absolute atomic E-state index is 0.00337. The van der Waals surface area contributed by atoms with Gasteiger partial charge in [0.1, 0.15) is 18.3 Å². The van der Waals surface area contributed by atoms with Crippen molar-refractivity contribution in [1.82, 2.24) is 10.2 Å². The lowest BCUT2D eigenvalue weighted by Crippen LogP contribution is -2.51. The van der Waals surface area contributed by atoms with Crippen LogP contribution in [-0.2, 0) is 26.2 Å². The van der Waals surface area contributed by atoms with Gasteiger partial charge in [-0.05, 0) is 62.2 Å². The van der Waals surface area contributed by atoms with Crippen molar-refractivity contribution in [2.75, 3.05) is 24.5 Å². The zero-order valence-electron chi connectivity index (χ0n) is 24.0. The highest BCUT2D eigenvalue weighted by atomic mass is 79.9. The van der Waals surface area contributed by atoms with E-state index in [4.69, 9.17) is 16.3 Å². The van der Waals surface area contributed by atoms with Crippen LogP contribution in [0.1, 0.15) is 31.4 Å². The molecule has 0 spiro atoms. The van der Waals surface area contributed by atoms with E-state index in [1.807, 2.05) is 6.92 Å². The van der Waals surface area contributed by atoms with Gasteiger partial charge in [-0.2, -0.15) is 0 Å². The van der Waals surface area contributed by atoms with Crippen molar-refractivity contribution in [3.05, 3.63) is 91.4 Å². The lowest BCUT2D eigenvalue weighted by Gasteiger charge is -2.32. The summed E-state index contributed by atoms with van der Waals surface area (Å²) >= 11 is 9.62. The second kappa shape index (κ2) is 14.7. The second-order valence-electron chi connectivity index (χ2n) is 9.65. The summed E-state index contributed by atoms with van der Waals surface area (Å²) in [5.74, 6) is -1.01. The number of anilines is 1. The number of carbonyl (C=O) groups is 2. The van der Waals surface area contributed by atoms with Gasteiger partial charge in [0.2, 0.25) is 11.8 Å². The Balaban J connectivity index is 2.15. The summed E-state index contributed by atoms with van der Waals surface area (Å²) in [5.41, 5.74) is 0.511. The molecule has 0 unspecified atom stereocenters. The standard InChI is InChI=1S/C29H32BrClN4O7S/c1-5-14-32-29(37)20(3)33(17-21-7-9-22(30)10-8-21)28(36)18-34(26-15-23(31)11-13-27(26)42-4)43(40,41)24-12-6-19(2)25(16-24)35(38)39/h6-13,15-16,20H,5,14,17-18H2,1-4H3,(H,32,37)/t20-/m0/s1. The first-order valence-electron chi connectivity index (χ1n) is 13.2. The van der Waals surface area contributed by atoms with E-state index in [9.17, 15) is 28.1 Å². The molecule has 1 atom stereocenters. The average molecular weight is 696 g/mol. The number of nitro benzene ring substituents is 1. The minimum atomic E-state index is -4.61. The number of ether oxygens (including phenoxy) is 1. The molecule has 0 aliphatic heterocycles. The molecule has 0 fully saturated rings. The van der Waals surface area contributed by atoms with Crippen LogP contribution >= 0.6 is 27.5 Å². The van der Waals surface area contributed by atoms with E-state index < -0.39 is 49.9 Å². The van der Waals surface area contributed by atoms with Crippen molar-refractivity contribution in [1.29, 1.82) is 0 Å². The molecule has 11 nitrogen and oxygen atoms in total. The first-order valence-corrected chi connectivity index (χ1v) is 15.8. The molecular weight excluding hydrogens is 664 g/mol. The molecule has 1 N–H and O–H groups in total. The van der Waals surface area contributed by atoms with Gasteiger partial charge >= 0.3 is 0 Å². The van der Waals surface area contributed by atoms with Gasteiger partial charge in [0.25, 0.3) is 15.7 Å². The highest BCUT2D eigenvalue weighted by Gasteiger charge is 2.35. The number of nitrogens with one attached hydrogen (secondary N) is 1. The molecule has 0 saturated carbocycles. The number of carbonyl (C=O) groups excluding carboxylic acids is 2. The highest BCUT2D eigenvalue weighted by molar-refractivity contribution is 9.10. The van der Waals surface area contributed by atoms with Crippen molar-refractivity contribution in [2.45, 2.75) is 44.7 Å². The van der Waals surface area contributed by atoms with Crippen LogP contribution in [0.4, 0.5) is 11.4 Å². The minimum Gasteiger partial charge on any atom is -0.495 e. The number of hydrogen-bond donors (Lipinski definition) is 1. The van der Waals surface area contributed by atoms with Crippen LogP contribution in [0.25, 0.3) is 0 Å². The molecule has 43 heavy (non-hydrogen) atoms. The van der Waals surface area contributed by atoms with Crippen LogP contribution in [0.3, 0.4) is 0 Å². The predicted octanol–water partition coefficient (Wildman–Crippen LogP) is 5.47. The van der Waals surface area contributed by atoms with Gasteiger partial charge < -0.3 is 15.0 Å². The van der Waals surface area contributed by atoms with Crippen LogP contribution in [0.15, 0.2) is 70.0 Å². The molecule has 230 valence electrons. The van der Waals surface area contributed by atoms with Gasteiger partial charge in [0.15, 0.2) is 0 Å². The normalized spacial score (nSPS) is 11.9. The molecule has 14 heteroatoms. The fraction of sp³-hybridized carbons (Fsp3) is 0.310. The summed E-state index contributed by atoms with van der Waals surface area (Å²) in [6, 6.07) is 13.9. The first kappa shape index (κ1) is 33.8. The number of hydrogen-bond acceptors (Lipinski definition) is 7. The van der Waals surface area contributed by atoms with Crippen molar-refractivity contribution >= 4 is 60.7 Å². The fourth-order valence-electron chi connectivity index (χ4n) is 4.21. The quantitative estimate of drug-likeness (QED) is 0.185. The van der Waals surface area contributed by atoms with E-state index in [1.165, 1.54) is 49.3 Å². The van der Waals surface area contributed by atoms with Gasteiger partial charge in [-0.25, -0.2) is 8.42 Å². The van der Waals surface area contributed by atoms with Crippen molar-refractivity contribution in [2.24, 2.45) is 0 Å². The molecule has 0 radical (unpaired) electrons. The number of aryl methyl sites for hydroxylation is 1. The third-order valence-electron chi connectivity index (χ3n) is 6.64. The van der Waals surface area contributed by atoms with Crippen LogP contribution in [-0.4, -0.2) is 56.3 Å². The maximum Gasteiger partial charge on any atom is 0.273 e. The maximum absolute atomic E-state index is 14.1. The third kappa shape index (κ3) is 8.24. The number of methoxy groups -OCH3 is 1. The number of nitro groups is 1. The van der Waals surface area contributed by atoms with Crippen LogP contribution in [0.2, 0.25) is 5.02 Å². The van der Waals surface area contributed by atoms with Gasteiger partial charge in [-0.1, -0.05) is 52.7 Å². The molecule has 3 aromatic rings. The van der Waals surface area contributed by atoms with Crippen molar-refractivity contribution in [3.63, 3.8) is 0 Å². The van der Waals surface area contributed by atoms with Crippen molar-refractivity contribution < 1.29 is 27.7 Å². The third-order valence-corrected chi connectivity index (χ3v) is 9.16. The van der Waals surface area contributed by atoms with Crippen LogP contribution in [0, 0.1) is 17.0 Å². The Kier molecular flexibility index (Phi) is 11.5. The molecular formula is C29H32BrClN4O7S. The number of rotatable bonds is 13. The molecule has 0 saturated heterocycles. The zero-order chi connectivity index (χ0) is 31.9. The van der Waals surface area contributed by atoms with Crippen LogP contribution < -0.4 is 14.4 Å². The van der Waals surface area contributed by atoms with E-state index in [1.54, 1.807) is 31.2 Å². The second-order valence-corrected chi connectivity index (χ2v) is 12.9. The Morgan fingerprint density at radius 3 is 2.40 bits per heavy atom. The average Bonchev–Trinajstić information content (AvgIpc) is 2.97. The number of nitrogens with zero attached hydrogens (tertiary/aromatic N) is 3. The highest BCUT2D eigenvalue weighted by Crippen LogP contribution is 2.36. The molecule has 0 heterocycles. The molecule has 2 amide bonds. The summed E-state index contributed by atoms with van der Waals surface area (Å²) < 4.78 is 35.3. The summed E-state index contributed by atoms with van der Waals surface area (Å²) in [6.45, 7) is 4.58. The van der Waals surface area contributed by atoms with Crippen molar-refractivity contribution in [3.8, 4) is 5.75 Å². The lowest BCUT2D eigenvalue weighted by molar-refractivity contribution is -0.385. The van der Waals surface area contributed by atoms with Crippen LogP contribution in [0.5, 0.6) is 5.75 Å². The largest absolute Gasteiger partial charge is 0.495 e. The smallest absolute Gasteiger partial charge is 0.273 e. The maximum atomic E-state index is 14.1. The van der Waals surface area contributed by atoms with E-state index in [-0.39, 0.29) is 28.6 Å². The number of halogens is 2. The van der Waals surface area contributed by atoms with Gasteiger partial charge in [-0.3, -0.25) is 24.0 Å². The number of amides is 2. The lowest BCUT2D eigenvalue weighted by atomic mass is 10.1. The number of benzene rings is 3. The summed E-state index contributed by atoms with van der Waals surface area (Å²) in [7, 11) is -3.28. The van der Waals surface area contributed by atoms with Gasteiger partial charge in [0, 0.05) is 34.2 Å². The molecule has 3 aromatic carbocycles. The monoisotopic (exact) mass is 694 g/mol. The van der Waals surface area contributed by atoms with E-state index in [0.29, 0.717) is 18.5 Å².